The number of benzene rings is 2. The maximum absolute atomic E-state index is 10.9. The molecule has 0 spiro atoms. The van der Waals surface area contributed by atoms with Crippen molar-refractivity contribution in [3.05, 3.63) is 107 Å². The van der Waals surface area contributed by atoms with Gasteiger partial charge in [0.15, 0.2) is 6.61 Å². The molecule has 5 rings (SSSR count). The van der Waals surface area contributed by atoms with Gasteiger partial charge in [-0.3, -0.25) is 4.68 Å². The second kappa shape index (κ2) is 9.16. The highest BCUT2D eigenvalue weighted by Gasteiger charge is 2.19. The minimum absolute atomic E-state index is 0.0115. The van der Waals surface area contributed by atoms with E-state index in [-0.39, 0.29) is 12.6 Å². The summed E-state index contributed by atoms with van der Waals surface area (Å²) in [5, 5.41) is 13.5. The van der Waals surface area contributed by atoms with Crippen LogP contribution in [-0.2, 0) is 17.8 Å². The first-order valence-corrected chi connectivity index (χ1v) is 10.9. The molecule has 1 unspecified atom stereocenters. The minimum atomic E-state index is -0.973. The molecule has 0 aliphatic heterocycles. The topological polar surface area (TPSA) is 82.2 Å². The molecule has 1 aliphatic carbocycles. The number of carboxylic acid groups (broad SMARTS) is 1. The quantitative estimate of drug-likeness (QED) is 0.444. The van der Waals surface area contributed by atoms with E-state index in [1.807, 2.05) is 59.8 Å². The maximum atomic E-state index is 10.9. The molecule has 4 aromatic rings. The van der Waals surface area contributed by atoms with Crippen LogP contribution in [0.1, 0.15) is 34.7 Å². The van der Waals surface area contributed by atoms with Crippen LogP contribution in [0.4, 0.5) is 0 Å². The lowest BCUT2D eigenvalue weighted by atomic mass is 9.91. The van der Waals surface area contributed by atoms with Gasteiger partial charge in [-0.1, -0.05) is 48.5 Å². The minimum Gasteiger partial charge on any atom is -0.482 e. The third-order valence-corrected chi connectivity index (χ3v) is 5.85. The number of carbonyl (C=O) groups is 1. The Morgan fingerprint density at radius 1 is 1.09 bits per heavy atom. The molecule has 0 saturated heterocycles. The predicted octanol–water partition coefficient (Wildman–Crippen LogP) is 4.21. The first-order chi connectivity index (χ1) is 16.2. The number of fused-ring (bicyclic) bond motifs is 1. The Balaban J connectivity index is 1.37. The molecule has 166 valence electrons. The Labute approximate surface area is 191 Å². The fraction of sp³-hybridized carbons (Fsp3) is 0.192. The van der Waals surface area contributed by atoms with Crippen LogP contribution in [-0.4, -0.2) is 37.0 Å². The monoisotopic (exact) mass is 440 g/mol. The number of imidazole rings is 1. The number of carboxylic acids is 1. The molecular formula is C26H24N4O3. The Bertz CT molecular complexity index is 1280. The number of aromatic nitrogens is 4. The number of rotatable bonds is 8. The standard InChI is InChI=1S/C26H24N4O3/c31-25(32)17-33-24-8-4-7-21-13-19(9-10-23(21)24)15-30-16-22(14-28-30)26(29-12-11-27-18-29)20-5-2-1-3-6-20/h1-8,11-14,16,18,26H,9-10,15,17H2,(H,31,32). The molecule has 1 aliphatic rings. The van der Waals surface area contributed by atoms with Crippen molar-refractivity contribution in [2.75, 3.05) is 6.61 Å². The Morgan fingerprint density at radius 3 is 2.76 bits per heavy atom. The first-order valence-electron chi connectivity index (χ1n) is 10.9. The van der Waals surface area contributed by atoms with Crippen molar-refractivity contribution in [2.24, 2.45) is 0 Å². The van der Waals surface area contributed by atoms with Crippen molar-refractivity contribution in [1.29, 1.82) is 0 Å². The average molecular weight is 441 g/mol. The summed E-state index contributed by atoms with van der Waals surface area (Å²) >= 11 is 0. The van der Waals surface area contributed by atoms with Gasteiger partial charge in [0.1, 0.15) is 5.75 Å². The molecule has 0 saturated carbocycles. The number of ether oxygens (including phenoxy) is 1. The number of aliphatic carboxylic acids is 1. The molecule has 1 atom stereocenters. The maximum Gasteiger partial charge on any atom is 0.341 e. The van der Waals surface area contributed by atoms with Crippen LogP contribution in [0.25, 0.3) is 6.08 Å². The van der Waals surface area contributed by atoms with Gasteiger partial charge in [-0.2, -0.15) is 5.10 Å². The molecule has 2 aromatic heterocycles. The summed E-state index contributed by atoms with van der Waals surface area (Å²) in [5.41, 5.74) is 5.68. The van der Waals surface area contributed by atoms with E-state index in [0.717, 1.165) is 29.5 Å². The lowest BCUT2D eigenvalue weighted by Gasteiger charge is -2.20. The fourth-order valence-corrected chi connectivity index (χ4v) is 4.37. The molecule has 0 fully saturated rings. The summed E-state index contributed by atoms with van der Waals surface area (Å²) in [7, 11) is 0. The largest absolute Gasteiger partial charge is 0.482 e. The van der Waals surface area contributed by atoms with E-state index in [4.69, 9.17) is 9.84 Å². The number of hydrogen-bond acceptors (Lipinski definition) is 4. The molecule has 7 nitrogen and oxygen atoms in total. The highest BCUT2D eigenvalue weighted by atomic mass is 16.5. The second-order valence-electron chi connectivity index (χ2n) is 8.10. The Kier molecular flexibility index (Phi) is 5.76. The average Bonchev–Trinajstić information content (AvgIpc) is 3.51. The van der Waals surface area contributed by atoms with Crippen molar-refractivity contribution in [2.45, 2.75) is 25.4 Å². The van der Waals surface area contributed by atoms with Crippen molar-refractivity contribution in [3.8, 4) is 5.75 Å². The molecule has 7 heteroatoms. The molecule has 0 radical (unpaired) electrons. The molecule has 1 N–H and O–H groups in total. The second-order valence-corrected chi connectivity index (χ2v) is 8.10. The van der Waals surface area contributed by atoms with Crippen molar-refractivity contribution >= 4 is 12.0 Å². The van der Waals surface area contributed by atoms with E-state index >= 15 is 0 Å². The smallest absolute Gasteiger partial charge is 0.341 e. The summed E-state index contributed by atoms with van der Waals surface area (Å²) in [5.74, 6) is -0.323. The van der Waals surface area contributed by atoms with E-state index in [1.54, 1.807) is 6.20 Å². The van der Waals surface area contributed by atoms with Crippen LogP contribution in [0, 0.1) is 0 Å². The molecule has 0 bridgehead atoms. The summed E-state index contributed by atoms with van der Waals surface area (Å²) in [4.78, 5) is 15.1. The number of allylic oxidation sites excluding steroid dienone is 1. The van der Waals surface area contributed by atoms with Gasteiger partial charge < -0.3 is 14.4 Å². The van der Waals surface area contributed by atoms with Gasteiger partial charge in [0.05, 0.1) is 25.1 Å². The van der Waals surface area contributed by atoms with Crippen LogP contribution < -0.4 is 4.74 Å². The van der Waals surface area contributed by atoms with E-state index in [0.29, 0.717) is 12.3 Å². The van der Waals surface area contributed by atoms with Crippen LogP contribution in [0.15, 0.2) is 85.2 Å². The molecule has 33 heavy (non-hydrogen) atoms. The third kappa shape index (κ3) is 4.57. The van der Waals surface area contributed by atoms with Crippen molar-refractivity contribution in [3.63, 3.8) is 0 Å². The lowest BCUT2D eigenvalue weighted by molar-refractivity contribution is -0.139. The van der Waals surface area contributed by atoms with Gasteiger partial charge in [0, 0.05) is 29.7 Å². The molecular weight excluding hydrogens is 416 g/mol. The zero-order valence-electron chi connectivity index (χ0n) is 18.0. The van der Waals surface area contributed by atoms with Gasteiger partial charge in [-0.05, 0) is 35.6 Å². The van der Waals surface area contributed by atoms with Crippen LogP contribution in [0.3, 0.4) is 0 Å². The van der Waals surface area contributed by atoms with E-state index in [2.05, 4.69) is 39.1 Å². The fourth-order valence-electron chi connectivity index (χ4n) is 4.37. The zero-order valence-corrected chi connectivity index (χ0v) is 18.0. The predicted molar refractivity (Wildman–Crippen MR) is 124 cm³/mol. The SMILES string of the molecule is O=C(O)COc1cccc2c1CCC(Cn1cc(C(c3ccccc3)n3ccnc3)cn1)=C2. The van der Waals surface area contributed by atoms with E-state index < -0.39 is 5.97 Å². The van der Waals surface area contributed by atoms with Crippen LogP contribution in [0.5, 0.6) is 5.75 Å². The first kappa shape index (κ1) is 20.8. The molecule has 2 heterocycles. The zero-order chi connectivity index (χ0) is 22.6. The summed E-state index contributed by atoms with van der Waals surface area (Å²) in [6.07, 6.45) is 13.5. The van der Waals surface area contributed by atoms with Crippen molar-refractivity contribution < 1.29 is 14.6 Å². The van der Waals surface area contributed by atoms with Gasteiger partial charge >= 0.3 is 5.97 Å². The highest BCUT2D eigenvalue weighted by molar-refractivity contribution is 5.69. The van der Waals surface area contributed by atoms with Gasteiger partial charge in [-0.25, -0.2) is 9.78 Å². The van der Waals surface area contributed by atoms with E-state index in [1.165, 1.54) is 11.1 Å². The lowest BCUT2D eigenvalue weighted by Crippen LogP contribution is -2.13. The Hall–Kier alpha value is -4.13. The normalized spacial score (nSPS) is 13.8. The van der Waals surface area contributed by atoms with Gasteiger partial charge in [0.25, 0.3) is 0 Å². The Morgan fingerprint density at radius 2 is 1.97 bits per heavy atom. The van der Waals surface area contributed by atoms with Crippen LogP contribution >= 0.6 is 0 Å². The van der Waals surface area contributed by atoms with Gasteiger partial charge in [-0.15, -0.1) is 0 Å². The summed E-state index contributed by atoms with van der Waals surface area (Å²) < 4.78 is 9.54. The highest BCUT2D eigenvalue weighted by Crippen LogP contribution is 2.32. The summed E-state index contributed by atoms with van der Waals surface area (Å²) in [6.45, 7) is 0.369. The van der Waals surface area contributed by atoms with Gasteiger partial charge in [0.2, 0.25) is 0 Å². The molecule has 0 amide bonds. The third-order valence-electron chi connectivity index (χ3n) is 5.85. The van der Waals surface area contributed by atoms with Crippen LogP contribution in [0.2, 0.25) is 0 Å². The summed E-state index contributed by atoms with van der Waals surface area (Å²) in [6, 6.07) is 16.1. The number of nitrogens with zero attached hydrogens (tertiary/aromatic N) is 4. The van der Waals surface area contributed by atoms with Crippen molar-refractivity contribution in [1.82, 2.24) is 19.3 Å². The van der Waals surface area contributed by atoms with E-state index in [9.17, 15) is 4.79 Å². The number of hydrogen-bond donors (Lipinski definition) is 1. The molecule has 2 aromatic carbocycles.